The first kappa shape index (κ1) is 22.7. The van der Waals surface area contributed by atoms with Gasteiger partial charge in [-0.25, -0.2) is 9.97 Å². The van der Waals surface area contributed by atoms with E-state index in [2.05, 4.69) is 9.97 Å². The predicted molar refractivity (Wildman–Crippen MR) is 104 cm³/mol. The van der Waals surface area contributed by atoms with E-state index < -0.39 is 42.4 Å². The first-order chi connectivity index (χ1) is 14.6. The number of fused-ring (bicyclic) bond motifs is 1. The van der Waals surface area contributed by atoms with Gasteiger partial charge >= 0.3 is 17.9 Å². The molecule has 0 spiro atoms. The monoisotopic (exact) mass is 470 g/mol. The number of pyridine rings is 1. The van der Waals surface area contributed by atoms with Crippen LogP contribution >= 0.6 is 23.2 Å². The lowest BCUT2D eigenvalue weighted by atomic mass is 10.1. The topological polar surface area (TPSA) is 143 Å². The number of hydrogen-bond acceptors (Lipinski definition) is 10. The standard InChI is InChI=1S/C18H16Cl2N4O7/c1-7(25)28-5-11-14(29-8(2)26)15(30-9(3)27)18(31-11)24-6-22-13-12(19)10(4-21)16(20)23-17(13)24/h6,11,14-15,18H,5H2,1-3H3/t11-,14-,15-,18+/m1/s1. The molecule has 1 aliphatic heterocycles. The Labute approximate surface area is 185 Å². The SMILES string of the molecule is CC(=O)OC[C@H]1O[C@H](n2cnc3c(Cl)c(C#N)c(Cl)nc32)[C@H](OC(C)=O)[C@@H]1OC(C)=O. The summed E-state index contributed by atoms with van der Waals surface area (Å²) in [5, 5.41) is 9.05. The number of aromatic nitrogens is 3. The molecule has 0 aromatic carbocycles. The molecule has 13 heteroatoms. The Morgan fingerprint density at radius 2 is 1.81 bits per heavy atom. The Morgan fingerprint density at radius 1 is 1.16 bits per heavy atom. The van der Waals surface area contributed by atoms with Gasteiger partial charge in [0.05, 0.1) is 11.3 Å². The maximum Gasteiger partial charge on any atom is 0.303 e. The molecule has 0 N–H and O–H groups in total. The fourth-order valence-electron chi connectivity index (χ4n) is 3.18. The van der Waals surface area contributed by atoms with E-state index in [1.165, 1.54) is 31.7 Å². The molecule has 1 aliphatic rings. The number of carbonyl (C=O) groups excluding carboxylic acids is 3. The van der Waals surface area contributed by atoms with Crippen LogP contribution in [0.2, 0.25) is 10.2 Å². The number of esters is 3. The minimum atomic E-state index is -1.13. The highest BCUT2D eigenvalue weighted by atomic mass is 35.5. The summed E-state index contributed by atoms with van der Waals surface area (Å²) in [5.41, 5.74) is 0.265. The highest BCUT2D eigenvalue weighted by molar-refractivity contribution is 6.39. The largest absolute Gasteiger partial charge is 0.463 e. The molecule has 0 unspecified atom stereocenters. The fourth-order valence-corrected chi connectivity index (χ4v) is 3.71. The summed E-state index contributed by atoms with van der Waals surface area (Å²) in [7, 11) is 0. The van der Waals surface area contributed by atoms with Gasteiger partial charge in [0, 0.05) is 20.8 Å². The number of halogens is 2. The van der Waals surface area contributed by atoms with Gasteiger partial charge in [0.25, 0.3) is 0 Å². The van der Waals surface area contributed by atoms with E-state index in [1.807, 2.05) is 6.07 Å². The van der Waals surface area contributed by atoms with Crippen LogP contribution in [0.3, 0.4) is 0 Å². The molecule has 1 saturated heterocycles. The summed E-state index contributed by atoms with van der Waals surface area (Å²) in [6.07, 6.45) is -2.95. The average molecular weight is 471 g/mol. The molecule has 1 fully saturated rings. The molecule has 3 heterocycles. The molecule has 0 saturated carbocycles. The van der Waals surface area contributed by atoms with E-state index in [0.29, 0.717) is 0 Å². The van der Waals surface area contributed by atoms with Crippen LogP contribution in [0.25, 0.3) is 11.2 Å². The molecule has 164 valence electrons. The molecule has 4 atom stereocenters. The molecule has 0 amide bonds. The van der Waals surface area contributed by atoms with Crippen LogP contribution in [0.15, 0.2) is 6.33 Å². The molecule has 31 heavy (non-hydrogen) atoms. The van der Waals surface area contributed by atoms with Gasteiger partial charge in [0.2, 0.25) is 0 Å². The van der Waals surface area contributed by atoms with Crippen molar-refractivity contribution in [2.45, 2.75) is 45.3 Å². The van der Waals surface area contributed by atoms with Crippen LogP contribution in [-0.2, 0) is 33.3 Å². The van der Waals surface area contributed by atoms with Crippen molar-refractivity contribution in [2.75, 3.05) is 6.61 Å². The second-order valence-corrected chi connectivity index (χ2v) is 7.28. The van der Waals surface area contributed by atoms with Crippen molar-refractivity contribution < 1.29 is 33.3 Å². The molecular formula is C18H16Cl2N4O7. The van der Waals surface area contributed by atoms with Gasteiger partial charge in [-0.2, -0.15) is 5.26 Å². The van der Waals surface area contributed by atoms with Crippen LogP contribution in [0.4, 0.5) is 0 Å². The first-order valence-electron chi connectivity index (χ1n) is 8.89. The number of hydrogen-bond donors (Lipinski definition) is 0. The third-order valence-electron chi connectivity index (χ3n) is 4.33. The highest BCUT2D eigenvalue weighted by Gasteiger charge is 2.51. The average Bonchev–Trinajstić information content (AvgIpc) is 3.22. The van der Waals surface area contributed by atoms with E-state index >= 15 is 0 Å². The van der Waals surface area contributed by atoms with E-state index in [9.17, 15) is 19.6 Å². The van der Waals surface area contributed by atoms with E-state index in [0.717, 1.165) is 0 Å². The number of nitrogens with zero attached hydrogens (tertiary/aromatic N) is 4. The van der Waals surface area contributed by atoms with E-state index in [-0.39, 0.29) is 33.5 Å². The van der Waals surface area contributed by atoms with Crippen LogP contribution in [-0.4, -0.2) is 57.4 Å². The number of nitriles is 1. The van der Waals surface area contributed by atoms with Crippen molar-refractivity contribution in [3.8, 4) is 6.07 Å². The molecule has 0 bridgehead atoms. The van der Waals surface area contributed by atoms with Gasteiger partial charge in [0.1, 0.15) is 29.9 Å². The zero-order valence-corrected chi connectivity index (χ0v) is 18.0. The van der Waals surface area contributed by atoms with Gasteiger partial charge in [-0.1, -0.05) is 23.2 Å². The third kappa shape index (κ3) is 4.56. The highest BCUT2D eigenvalue weighted by Crippen LogP contribution is 2.38. The summed E-state index contributed by atoms with van der Waals surface area (Å²) < 4.78 is 23.0. The summed E-state index contributed by atoms with van der Waals surface area (Å²) in [5.74, 6) is -1.89. The van der Waals surface area contributed by atoms with Crippen LogP contribution in [0, 0.1) is 11.3 Å². The minimum Gasteiger partial charge on any atom is -0.463 e. The Kier molecular flexibility index (Phi) is 6.64. The molecule has 11 nitrogen and oxygen atoms in total. The molecule has 2 aromatic heterocycles. The van der Waals surface area contributed by atoms with Gasteiger partial charge in [-0.15, -0.1) is 0 Å². The van der Waals surface area contributed by atoms with Crippen molar-refractivity contribution in [1.29, 1.82) is 5.26 Å². The lowest BCUT2D eigenvalue weighted by molar-refractivity contribution is -0.166. The Morgan fingerprint density at radius 3 is 2.39 bits per heavy atom. The fraction of sp³-hybridized carbons (Fsp3) is 0.444. The van der Waals surface area contributed by atoms with Gasteiger partial charge in [-0.3, -0.25) is 19.0 Å². The summed E-state index contributed by atoms with van der Waals surface area (Å²) >= 11 is 12.3. The first-order valence-corrected chi connectivity index (χ1v) is 9.64. The lowest BCUT2D eigenvalue weighted by Gasteiger charge is -2.23. The molecule has 0 aliphatic carbocycles. The van der Waals surface area contributed by atoms with Crippen molar-refractivity contribution in [3.63, 3.8) is 0 Å². The molecule has 3 rings (SSSR count). The normalized spacial score (nSPS) is 22.7. The predicted octanol–water partition coefficient (Wildman–Crippen LogP) is 1.93. The van der Waals surface area contributed by atoms with Gasteiger partial charge < -0.3 is 18.9 Å². The van der Waals surface area contributed by atoms with Crippen molar-refractivity contribution >= 4 is 52.3 Å². The second kappa shape index (κ2) is 9.05. The number of imidazole rings is 1. The maximum atomic E-state index is 11.8. The van der Waals surface area contributed by atoms with E-state index in [4.69, 9.17) is 42.1 Å². The Hall–Kier alpha value is -2.94. The van der Waals surface area contributed by atoms with Crippen LogP contribution in [0.1, 0.15) is 32.6 Å². The minimum absolute atomic E-state index is 0.00807. The van der Waals surface area contributed by atoms with Crippen molar-refractivity contribution in [2.24, 2.45) is 0 Å². The van der Waals surface area contributed by atoms with E-state index in [1.54, 1.807) is 0 Å². The molecule has 2 aromatic rings. The summed E-state index contributed by atoms with van der Waals surface area (Å²) in [4.78, 5) is 43.0. The summed E-state index contributed by atoms with van der Waals surface area (Å²) in [6.45, 7) is 3.30. The smallest absolute Gasteiger partial charge is 0.303 e. The van der Waals surface area contributed by atoms with Crippen LogP contribution < -0.4 is 0 Å². The van der Waals surface area contributed by atoms with Crippen LogP contribution in [0.5, 0.6) is 0 Å². The number of ether oxygens (including phenoxy) is 4. The third-order valence-corrected chi connectivity index (χ3v) is 4.97. The van der Waals surface area contributed by atoms with Gasteiger partial charge in [-0.05, 0) is 0 Å². The molecule has 0 radical (unpaired) electrons. The Balaban J connectivity index is 2.09. The van der Waals surface area contributed by atoms with Crippen molar-refractivity contribution in [1.82, 2.24) is 14.5 Å². The number of rotatable bonds is 5. The lowest BCUT2D eigenvalue weighted by Crippen LogP contribution is -2.40. The van der Waals surface area contributed by atoms with Crippen molar-refractivity contribution in [3.05, 3.63) is 22.1 Å². The molecular weight excluding hydrogens is 455 g/mol. The maximum absolute atomic E-state index is 11.8. The Bertz CT molecular complexity index is 1100. The second-order valence-electron chi connectivity index (χ2n) is 6.54. The zero-order chi connectivity index (χ0) is 22.9. The van der Waals surface area contributed by atoms with Gasteiger partial charge in [0.15, 0.2) is 29.2 Å². The zero-order valence-electron chi connectivity index (χ0n) is 16.5. The quantitative estimate of drug-likeness (QED) is 0.361. The summed E-state index contributed by atoms with van der Waals surface area (Å²) in [6, 6.07) is 1.85. The number of carbonyl (C=O) groups is 3.